The number of aryl methyl sites for hydroxylation is 1. The number of hydrogen-bond donors (Lipinski definition) is 0. The lowest BCUT2D eigenvalue weighted by molar-refractivity contribution is 0.324. The Morgan fingerprint density at radius 2 is 1.92 bits per heavy atom. The maximum absolute atomic E-state index is 14.0. The summed E-state index contributed by atoms with van der Waals surface area (Å²) >= 11 is 8.56. The maximum atomic E-state index is 14.0. The Morgan fingerprint density at radius 3 is 2.69 bits per heavy atom. The first-order valence-electron chi connectivity index (χ1n) is 12.5. The van der Waals surface area contributed by atoms with Crippen molar-refractivity contribution in [3.05, 3.63) is 130 Å². The number of aromatic nitrogens is 1. The maximum Gasteiger partial charge on any atom is 0.271 e. The van der Waals surface area contributed by atoms with Gasteiger partial charge in [0.2, 0.25) is 0 Å². The molecule has 2 heterocycles. The molecule has 2 aliphatic rings. The molecule has 1 aromatic heterocycles. The number of benzene rings is 3. The average Bonchev–Trinajstić information content (AvgIpc) is 3.25. The van der Waals surface area contributed by atoms with Crippen molar-refractivity contribution in [2.75, 3.05) is 13.7 Å². The van der Waals surface area contributed by atoms with Gasteiger partial charge in [-0.1, -0.05) is 76.3 Å². The number of rotatable bonds is 6. The molecule has 0 saturated carbocycles. The summed E-state index contributed by atoms with van der Waals surface area (Å²) < 4.78 is 15.6. The molecule has 0 radical (unpaired) electrons. The van der Waals surface area contributed by atoms with E-state index in [9.17, 15) is 4.79 Å². The van der Waals surface area contributed by atoms with Gasteiger partial charge < -0.3 is 9.47 Å². The van der Waals surface area contributed by atoms with Gasteiger partial charge in [0.1, 0.15) is 6.61 Å². The highest BCUT2D eigenvalue weighted by molar-refractivity contribution is 9.10. The average molecular weight is 664 g/mol. The molecule has 0 amide bonds. The van der Waals surface area contributed by atoms with E-state index >= 15 is 0 Å². The zero-order valence-corrected chi connectivity index (χ0v) is 25.1. The van der Waals surface area contributed by atoms with E-state index in [1.807, 2.05) is 34.9 Å². The topological polar surface area (TPSA) is 52.8 Å². The summed E-state index contributed by atoms with van der Waals surface area (Å²) in [6.07, 6.45) is 5.36. The minimum Gasteiger partial charge on any atom is -0.493 e. The van der Waals surface area contributed by atoms with Crippen LogP contribution in [-0.4, -0.2) is 18.3 Å². The predicted octanol–water partition coefficient (Wildman–Crippen LogP) is 6.42. The summed E-state index contributed by atoms with van der Waals surface area (Å²) in [6, 6.07) is 20.3. The number of ether oxygens (including phenoxy) is 2. The Kier molecular flexibility index (Phi) is 7.18. The third-order valence-electron chi connectivity index (χ3n) is 6.95. The highest BCUT2D eigenvalue weighted by atomic mass is 79.9. The first-order chi connectivity index (χ1) is 19.0. The second kappa shape index (κ2) is 10.8. The number of thiazole rings is 1. The summed E-state index contributed by atoms with van der Waals surface area (Å²) in [5, 5.41) is 0. The first-order valence-corrected chi connectivity index (χ1v) is 14.9. The lowest BCUT2D eigenvalue weighted by atomic mass is 9.83. The molecule has 1 aliphatic heterocycles. The van der Waals surface area contributed by atoms with Crippen LogP contribution < -0.4 is 24.4 Å². The van der Waals surface area contributed by atoms with Crippen LogP contribution in [0.1, 0.15) is 34.7 Å². The summed E-state index contributed by atoms with van der Waals surface area (Å²) in [6.45, 7) is 4.07. The van der Waals surface area contributed by atoms with Gasteiger partial charge in [0.25, 0.3) is 5.56 Å². The van der Waals surface area contributed by atoms with Gasteiger partial charge in [-0.2, -0.15) is 0 Å². The molecular formula is C31H24Br2N2O3S. The van der Waals surface area contributed by atoms with Crippen molar-refractivity contribution in [3.8, 4) is 11.5 Å². The van der Waals surface area contributed by atoms with Crippen LogP contribution in [0.25, 0.3) is 11.8 Å². The summed E-state index contributed by atoms with van der Waals surface area (Å²) in [7, 11) is 1.60. The molecule has 0 fully saturated rings. The van der Waals surface area contributed by atoms with E-state index in [1.54, 1.807) is 13.2 Å². The molecule has 39 heavy (non-hydrogen) atoms. The lowest BCUT2D eigenvalue weighted by Gasteiger charge is -2.30. The Balaban J connectivity index is 1.55. The van der Waals surface area contributed by atoms with Gasteiger partial charge in [-0.15, -0.1) is 0 Å². The fourth-order valence-corrected chi connectivity index (χ4v) is 7.06. The molecule has 4 aromatic rings. The normalized spacial score (nSPS) is 16.2. The van der Waals surface area contributed by atoms with Crippen LogP contribution in [0.15, 0.2) is 97.6 Å². The number of methoxy groups -OCH3 is 1. The van der Waals surface area contributed by atoms with E-state index in [2.05, 4.69) is 74.8 Å². The number of hydrogen-bond acceptors (Lipinski definition) is 5. The highest BCUT2D eigenvalue weighted by Crippen LogP contribution is 2.41. The van der Waals surface area contributed by atoms with Crippen molar-refractivity contribution in [2.24, 2.45) is 4.99 Å². The number of fused-ring (bicyclic) bond motifs is 3. The minimum atomic E-state index is -0.212. The van der Waals surface area contributed by atoms with Crippen LogP contribution >= 0.6 is 43.2 Å². The Labute approximate surface area is 246 Å². The quantitative estimate of drug-likeness (QED) is 0.224. The SMILES string of the molecule is C=CCOc1c(Br)cc(/C=c2\sc3n(c2=O)[C@@H](c2ccc(Br)cc2)C2=C(N=3)c3ccccc3CC2)cc1OC. The lowest BCUT2D eigenvalue weighted by Crippen LogP contribution is -2.38. The largest absolute Gasteiger partial charge is 0.493 e. The summed E-state index contributed by atoms with van der Waals surface area (Å²) in [5.41, 5.74) is 6.46. The monoisotopic (exact) mass is 662 g/mol. The molecule has 0 spiro atoms. The van der Waals surface area contributed by atoms with Crippen LogP contribution in [0, 0.1) is 0 Å². The number of halogens is 2. The zero-order valence-electron chi connectivity index (χ0n) is 21.1. The van der Waals surface area contributed by atoms with Crippen LogP contribution in [0.3, 0.4) is 0 Å². The smallest absolute Gasteiger partial charge is 0.271 e. The van der Waals surface area contributed by atoms with Gasteiger partial charge in [0.15, 0.2) is 16.3 Å². The van der Waals surface area contributed by atoms with E-state index in [0.717, 1.165) is 44.2 Å². The fourth-order valence-electron chi connectivity index (χ4n) is 5.22. The fraction of sp³-hybridized carbons (Fsp3) is 0.161. The Morgan fingerprint density at radius 1 is 1.13 bits per heavy atom. The van der Waals surface area contributed by atoms with Crippen molar-refractivity contribution in [1.29, 1.82) is 0 Å². The zero-order chi connectivity index (χ0) is 27.1. The third kappa shape index (κ3) is 4.75. The first kappa shape index (κ1) is 26.0. The molecule has 196 valence electrons. The van der Waals surface area contributed by atoms with E-state index in [4.69, 9.17) is 14.5 Å². The Hall–Kier alpha value is -3.20. The van der Waals surface area contributed by atoms with Crippen LogP contribution in [0.2, 0.25) is 0 Å². The molecular weight excluding hydrogens is 640 g/mol. The van der Waals surface area contributed by atoms with E-state index in [-0.39, 0.29) is 11.6 Å². The molecule has 6 rings (SSSR count). The Bertz CT molecular complexity index is 1820. The van der Waals surface area contributed by atoms with Crippen molar-refractivity contribution in [1.82, 2.24) is 4.57 Å². The van der Waals surface area contributed by atoms with Gasteiger partial charge in [0.05, 0.1) is 27.9 Å². The van der Waals surface area contributed by atoms with E-state index in [0.29, 0.717) is 27.4 Å². The molecule has 0 unspecified atom stereocenters. The highest BCUT2D eigenvalue weighted by Gasteiger charge is 2.32. The summed E-state index contributed by atoms with van der Waals surface area (Å²) in [5.74, 6) is 1.17. The standard InChI is InChI=1S/C31H24Br2N2O3S/c1-3-14-38-29-24(33)15-18(16-25(29)37-2)17-26-30(36)35-28(20-8-11-21(32)12-9-20)23-13-10-19-6-4-5-7-22(19)27(23)34-31(35)39-26/h3-9,11-12,15-17,28H,1,10,13-14H2,2H3/b26-17-/t28-/m0/s1. The molecule has 8 heteroatoms. The molecule has 3 aromatic carbocycles. The second-order valence-corrected chi connectivity index (χ2v) is 12.1. The second-order valence-electron chi connectivity index (χ2n) is 9.30. The van der Waals surface area contributed by atoms with Crippen LogP contribution in [0.5, 0.6) is 11.5 Å². The van der Waals surface area contributed by atoms with Crippen molar-refractivity contribution >= 4 is 55.0 Å². The minimum absolute atomic E-state index is 0.0563. The van der Waals surface area contributed by atoms with E-state index < -0.39 is 0 Å². The third-order valence-corrected chi connectivity index (χ3v) is 9.05. The van der Waals surface area contributed by atoms with Crippen molar-refractivity contribution in [3.63, 3.8) is 0 Å². The van der Waals surface area contributed by atoms with Gasteiger partial charge in [0, 0.05) is 10.0 Å². The molecule has 0 saturated heterocycles. The predicted molar refractivity (Wildman–Crippen MR) is 163 cm³/mol. The van der Waals surface area contributed by atoms with Gasteiger partial charge >= 0.3 is 0 Å². The van der Waals surface area contributed by atoms with Gasteiger partial charge in [-0.05, 0) is 81.4 Å². The molecule has 1 aliphatic carbocycles. The van der Waals surface area contributed by atoms with Crippen molar-refractivity contribution in [2.45, 2.75) is 18.9 Å². The van der Waals surface area contributed by atoms with Gasteiger partial charge in [-0.25, -0.2) is 4.99 Å². The van der Waals surface area contributed by atoms with Crippen LogP contribution in [-0.2, 0) is 6.42 Å². The van der Waals surface area contributed by atoms with Crippen LogP contribution in [0.4, 0.5) is 0 Å². The molecule has 1 atom stereocenters. The van der Waals surface area contributed by atoms with Crippen molar-refractivity contribution < 1.29 is 9.47 Å². The number of allylic oxidation sites excluding steroid dienone is 1. The van der Waals surface area contributed by atoms with Gasteiger partial charge in [-0.3, -0.25) is 9.36 Å². The molecule has 0 N–H and O–H groups in total. The molecule has 0 bridgehead atoms. The number of nitrogens with zero attached hydrogens (tertiary/aromatic N) is 2. The summed E-state index contributed by atoms with van der Waals surface area (Å²) in [4.78, 5) is 19.8. The molecule has 5 nitrogen and oxygen atoms in total. The van der Waals surface area contributed by atoms with E-state index in [1.165, 1.54) is 22.5 Å².